The smallest absolute Gasteiger partial charge is 0.0538 e. The van der Waals surface area contributed by atoms with Gasteiger partial charge < -0.3 is 4.57 Å². The molecule has 10 rings (SSSR count). The second kappa shape index (κ2) is 9.91. The molecule has 2 heteroatoms. The molecule has 0 saturated carbocycles. The van der Waals surface area contributed by atoms with E-state index in [0.717, 1.165) is 12.8 Å². The minimum absolute atomic E-state index is 0.0884. The summed E-state index contributed by atoms with van der Waals surface area (Å²) in [6.45, 7) is 4.82. The van der Waals surface area contributed by atoms with Crippen LogP contribution < -0.4 is 0 Å². The van der Waals surface area contributed by atoms with Gasteiger partial charge in [-0.25, -0.2) is 0 Å². The zero-order chi connectivity index (χ0) is 31.3. The van der Waals surface area contributed by atoms with E-state index in [1.165, 1.54) is 92.5 Å². The van der Waals surface area contributed by atoms with Gasteiger partial charge in [0.25, 0.3) is 0 Å². The molecule has 2 aromatic heterocycles. The Kier molecular flexibility index (Phi) is 5.69. The first-order valence-electron chi connectivity index (χ1n) is 16.6. The number of thiophene rings is 1. The largest absolute Gasteiger partial charge is 0.313 e. The van der Waals surface area contributed by atoms with Crippen molar-refractivity contribution in [3.63, 3.8) is 0 Å². The summed E-state index contributed by atoms with van der Waals surface area (Å²) in [6.07, 6.45) is 4.51. The van der Waals surface area contributed by atoms with Crippen molar-refractivity contribution in [2.45, 2.75) is 32.1 Å². The van der Waals surface area contributed by atoms with E-state index in [4.69, 9.17) is 0 Å². The van der Waals surface area contributed by atoms with Crippen molar-refractivity contribution in [2.24, 2.45) is 0 Å². The predicted octanol–water partition coefficient (Wildman–Crippen LogP) is 12.5. The monoisotopic (exact) mass is 619 g/mol. The summed E-state index contributed by atoms with van der Waals surface area (Å²) < 4.78 is 5.34. The van der Waals surface area contributed by atoms with Gasteiger partial charge in [0.05, 0.1) is 5.52 Å². The molecule has 0 N–H and O–H groups in total. The number of nitrogens with zero attached hydrogens (tertiary/aromatic N) is 1. The zero-order valence-corrected chi connectivity index (χ0v) is 27.4. The van der Waals surface area contributed by atoms with E-state index < -0.39 is 0 Å². The number of benzene rings is 6. The van der Waals surface area contributed by atoms with Gasteiger partial charge in [-0.05, 0) is 88.2 Å². The quantitative estimate of drug-likeness (QED) is 0.185. The highest BCUT2D eigenvalue weighted by Crippen LogP contribution is 2.54. The van der Waals surface area contributed by atoms with Gasteiger partial charge >= 0.3 is 0 Å². The lowest BCUT2D eigenvalue weighted by Gasteiger charge is -2.23. The van der Waals surface area contributed by atoms with Crippen LogP contribution in [0.5, 0.6) is 0 Å². The van der Waals surface area contributed by atoms with Crippen molar-refractivity contribution in [3.8, 4) is 27.9 Å². The maximum Gasteiger partial charge on any atom is 0.0538 e. The van der Waals surface area contributed by atoms with Crippen molar-refractivity contribution in [3.05, 3.63) is 161 Å². The van der Waals surface area contributed by atoms with Crippen LogP contribution in [0.15, 0.2) is 133 Å². The summed E-state index contributed by atoms with van der Waals surface area (Å²) >= 11 is 1.94. The molecule has 8 aromatic rings. The number of hydrogen-bond donors (Lipinski definition) is 0. The fourth-order valence-corrected chi connectivity index (χ4v) is 9.65. The molecule has 2 aliphatic rings. The van der Waals surface area contributed by atoms with Crippen LogP contribution in [-0.4, -0.2) is 4.57 Å². The molecule has 2 heterocycles. The van der Waals surface area contributed by atoms with Crippen molar-refractivity contribution in [1.82, 2.24) is 4.57 Å². The fraction of sp³-hybridized carbons (Fsp3) is 0.111. The van der Waals surface area contributed by atoms with E-state index >= 15 is 0 Å². The molecule has 0 saturated heterocycles. The number of allylic oxidation sites excluding steroid dienone is 1. The standard InChI is InChI=1S/C45H33NS/c1-45(2)38-22-21-34-33-15-9-10-16-42(33)47-44(34)43(38)35-20-19-32(27-39(35)45)46-40-23-17-30(28-11-5-3-6-12-28)25-36(40)37-26-31(18-24-41(37)46)29-13-7-4-8-14-29/h3-17,19-23,25-27H,18,24H2,1-2H3. The predicted molar refractivity (Wildman–Crippen MR) is 202 cm³/mol. The molecule has 0 unspecified atom stereocenters. The second-order valence-corrected chi connectivity index (χ2v) is 14.7. The van der Waals surface area contributed by atoms with Crippen molar-refractivity contribution in [1.29, 1.82) is 0 Å². The lowest BCUT2D eigenvalue weighted by molar-refractivity contribution is 0.660. The Morgan fingerprint density at radius 1 is 0.596 bits per heavy atom. The normalized spacial score (nSPS) is 14.7. The van der Waals surface area contributed by atoms with Gasteiger partial charge in [0.15, 0.2) is 0 Å². The molecule has 0 atom stereocenters. The van der Waals surface area contributed by atoms with E-state index in [1.807, 2.05) is 11.3 Å². The van der Waals surface area contributed by atoms with Crippen LogP contribution in [-0.2, 0) is 11.8 Å². The van der Waals surface area contributed by atoms with Gasteiger partial charge in [0.2, 0.25) is 0 Å². The summed E-state index contributed by atoms with van der Waals surface area (Å²) in [5.41, 5.74) is 16.1. The molecule has 6 aromatic carbocycles. The van der Waals surface area contributed by atoms with Crippen LogP contribution >= 0.6 is 11.3 Å². The van der Waals surface area contributed by atoms with Crippen LogP contribution in [0.4, 0.5) is 0 Å². The molecule has 0 spiro atoms. The Balaban J connectivity index is 1.20. The minimum Gasteiger partial charge on any atom is -0.313 e. The maximum atomic E-state index is 2.56. The topological polar surface area (TPSA) is 4.93 Å². The molecule has 2 aliphatic carbocycles. The van der Waals surface area contributed by atoms with E-state index in [0.29, 0.717) is 0 Å². The van der Waals surface area contributed by atoms with Crippen LogP contribution in [0.3, 0.4) is 0 Å². The first-order valence-corrected chi connectivity index (χ1v) is 17.5. The molecule has 1 nitrogen and oxygen atoms in total. The van der Waals surface area contributed by atoms with E-state index in [1.54, 1.807) is 0 Å². The number of fused-ring (bicyclic) bond motifs is 10. The molecule has 0 bridgehead atoms. The number of rotatable bonds is 3. The van der Waals surface area contributed by atoms with E-state index in [-0.39, 0.29) is 5.41 Å². The highest BCUT2D eigenvalue weighted by molar-refractivity contribution is 7.26. The van der Waals surface area contributed by atoms with Crippen molar-refractivity contribution < 1.29 is 0 Å². The van der Waals surface area contributed by atoms with Gasteiger partial charge in [-0.1, -0.05) is 117 Å². The number of aromatic nitrogens is 1. The lowest BCUT2D eigenvalue weighted by atomic mass is 9.82. The van der Waals surface area contributed by atoms with Crippen LogP contribution in [0.2, 0.25) is 0 Å². The van der Waals surface area contributed by atoms with Crippen molar-refractivity contribution in [2.75, 3.05) is 0 Å². The summed E-state index contributed by atoms with van der Waals surface area (Å²) in [5.74, 6) is 0. The van der Waals surface area contributed by atoms with Crippen molar-refractivity contribution >= 4 is 54.1 Å². The Morgan fingerprint density at radius 3 is 2.19 bits per heavy atom. The summed E-state index contributed by atoms with van der Waals surface area (Å²) in [5, 5.41) is 4.06. The van der Waals surface area contributed by atoms with Gasteiger partial charge in [-0.2, -0.15) is 0 Å². The summed E-state index contributed by atoms with van der Waals surface area (Å²) in [7, 11) is 0. The first kappa shape index (κ1) is 27.0. The first-order chi connectivity index (χ1) is 23.1. The lowest BCUT2D eigenvalue weighted by Crippen LogP contribution is -2.15. The Labute approximate surface area is 279 Å². The fourth-order valence-electron chi connectivity index (χ4n) is 8.39. The highest BCUT2D eigenvalue weighted by atomic mass is 32.1. The van der Waals surface area contributed by atoms with Crippen LogP contribution in [0.1, 0.15) is 48.2 Å². The molecule has 0 radical (unpaired) electrons. The van der Waals surface area contributed by atoms with Gasteiger partial charge in [0, 0.05) is 53.5 Å². The average molecular weight is 620 g/mol. The second-order valence-electron chi connectivity index (χ2n) is 13.6. The molecule has 0 aliphatic heterocycles. The molecule has 0 amide bonds. The average Bonchev–Trinajstić information content (AvgIpc) is 3.74. The molecular weight excluding hydrogens is 587 g/mol. The Hall–Kier alpha value is -5.18. The minimum atomic E-state index is -0.0884. The Bertz CT molecular complexity index is 2580. The third-order valence-electron chi connectivity index (χ3n) is 10.7. The molecular formula is C45H33NS. The Morgan fingerprint density at radius 2 is 1.36 bits per heavy atom. The third kappa shape index (κ3) is 3.89. The maximum absolute atomic E-state index is 2.56. The SMILES string of the molecule is CC1(C)c2cc(-n3c4c(c5cc(-c6ccccc6)ccc53)C=C(c3ccccc3)CC4)ccc2-c2c1ccc1c2sc2ccccc21. The molecule has 0 fully saturated rings. The highest BCUT2D eigenvalue weighted by Gasteiger charge is 2.37. The summed E-state index contributed by atoms with van der Waals surface area (Å²) in [4.78, 5) is 0. The zero-order valence-electron chi connectivity index (χ0n) is 26.5. The molecule has 47 heavy (non-hydrogen) atoms. The number of hydrogen-bond acceptors (Lipinski definition) is 1. The summed E-state index contributed by atoms with van der Waals surface area (Å²) in [6, 6.07) is 49.6. The molecule has 224 valence electrons. The van der Waals surface area contributed by atoms with Crippen LogP contribution in [0, 0.1) is 0 Å². The van der Waals surface area contributed by atoms with Crippen LogP contribution in [0.25, 0.3) is 70.7 Å². The van der Waals surface area contributed by atoms with Gasteiger partial charge in [-0.15, -0.1) is 11.3 Å². The van der Waals surface area contributed by atoms with Gasteiger partial charge in [-0.3, -0.25) is 0 Å². The third-order valence-corrected chi connectivity index (χ3v) is 11.9. The van der Waals surface area contributed by atoms with E-state index in [2.05, 4.69) is 158 Å². The van der Waals surface area contributed by atoms with Gasteiger partial charge in [0.1, 0.15) is 0 Å². The van der Waals surface area contributed by atoms with E-state index in [9.17, 15) is 0 Å².